The lowest BCUT2D eigenvalue weighted by molar-refractivity contribution is -0.0427. The van der Waals surface area contributed by atoms with Crippen LogP contribution in [0.2, 0.25) is 0 Å². The Morgan fingerprint density at radius 2 is 2.13 bits per heavy atom. The van der Waals surface area contributed by atoms with Crippen LogP contribution in [-0.2, 0) is 31.2 Å². The summed E-state index contributed by atoms with van der Waals surface area (Å²) >= 11 is 0. The van der Waals surface area contributed by atoms with Crippen molar-refractivity contribution in [2.45, 2.75) is 44.1 Å². The number of rotatable bonds is 4. The van der Waals surface area contributed by atoms with Crippen molar-refractivity contribution < 1.29 is 28.4 Å². The zero-order valence-corrected chi connectivity index (χ0v) is 17.6. The molecular formula is C22H26FN3O5. The van der Waals surface area contributed by atoms with Crippen molar-refractivity contribution >= 4 is 5.82 Å². The number of aryl methyl sites for hydroxylation is 1. The topological polar surface area (TPSA) is 95.0 Å². The maximum absolute atomic E-state index is 14.9. The second-order valence-electron chi connectivity index (χ2n) is 8.37. The number of hydrogen-bond acceptors (Lipinski definition) is 8. The Hall–Kier alpha value is -2.33. The number of fused-ring (bicyclic) bond motifs is 2. The van der Waals surface area contributed by atoms with Gasteiger partial charge in [-0.25, -0.2) is 4.39 Å². The van der Waals surface area contributed by atoms with Crippen LogP contribution in [0.1, 0.15) is 29.5 Å². The number of aromatic hydroxyl groups is 1. The smallest absolute Gasteiger partial charge is 0.155 e. The Bertz CT molecular complexity index is 972. The van der Waals surface area contributed by atoms with Crippen LogP contribution < -0.4 is 5.32 Å². The number of phenolic OH excluding ortho intramolecular Hbond substituents is 1. The minimum atomic E-state index is -0.660. The molecule has 9 heteroatoms. The van der Waals surface area contributed by atoms with Gasteiger partial charge in [-0.1, -0.05) is 0 Å². The fraction of sp³-hybridized carbons (Fsp3) is 0.545. The molecule has 1 spiro atoms. The second-order valence-corrected chi connectivity index (χ2v) is 8.37. The molecular weight excluding hydrogens is 405 g/mol. The maximum Gasteiger partial charge on any atom is 0.155 e. The quantitative estimate of drug-likeness (QED) is 0.763. The summed E-state index contributed by atoms with van der Waals surface area (Å²) in [5.41, 5.74) is 1.87. The molecule has 3 aliphatic heterocycles. The number of nitrogens with zero attached hydrogens (tertiary/aromatic N) is 2. The standard InChI is InChI=1S/C22H26FN3O5/c1-12-7-14(23)18(16(27)8-12)20-13-9-31-22(4-6-30-11-22)19(13)21(26-25-20)24-15-3-5-29-10-17(15)28-2/h7-8,15,17,27H,3-6,9-11H2,1-2H3,(H,24,26)/t15-,17-,22+/m1/s1. The first kappa shape index (κ1) is 20.6. The zero-order chi connectivity index (χ0) is 21.6. The number of hydrogen-bond donors (Lipinski definition) is 2. The summed E-state index contributed by atoms with van der Waals surface area (Å²) in [6, 6.07) is 2.89. The Morgan fingerprint density at radius 3 is 2.87 bits per heavy atom. The van der Waals surface area contributed by atoms with E-state index in [0.717, 1.165) is 17.5 Å². The lowest BCUT2D eigenvalue weighted by Crippen LogP contribution is -2.44. The third kappa shape index (κ3) is 3.45. The number of methoxy groups -OCH3 is 1. The zero-order valence-electron chi connectivity index (χ0n) is 17.6. The average molecular weight is 431 g/mol. The molecule has 2 fully saturated rings. The van der Waals surface area contributed by atoms with Gasteiger partial charge < -0.3 is 29.4 Å². The number of aromatic nitrogens is 2. The fourth-order valence-electron chi connectivity index (χ4n) is 4.79. The molecule has 31 heavy (non-hydrogen) atoms. The highest BCUT2D eigenvalue weighted by Gasteiger charge is 2.48. The molecule has 1 aromatic heterocycles. The molecule has 4 heterocycles. The Labute approximate surface area is 179 Å². The SMILES string of the molecule is CO[C@@H]1COCC[C@H]1Nc1nnc(-c2c(O)cc(C)cc2F)c2c1[C@@]1(CCOC1)OC2. The van der Waals surface area contributed by atoms with E-state index in [-0.39, 0.29) is 30.1 Å². The molecule has 2 N–H and O–H groups in total. The van der Waals surface area contributed by atoms with Gasteiger partial charge in [0.05, 0.1) is 31.4 Å². The lowest BCUT2D eigenvalue weighted by atomic mass is 9.89. The molecule has 0 unspecified atom stereocenters. The summed E-state index contributed by atoms with van der Waals surface area (Å²) < 4.78 is 37.8. The van der Waals surface area contributed by atoms with Crippen molar-refractivity contribution in [1.82, 2.24) is 10.2 Å². The predicted molar refractivity (Wildman–Crippen MR) is 109 cm³/mol. The van der Waals surface area contributed by atoms with Gasteiger partial charge in [0, 0.05) is 37.9 Å². The van der Waals surface area contributed by atoms with Gasteiger partial charge in [-0.2, -0.15) is 0 Å². The van der Waals surface area contributed by atoms with Crippen molar-refractivity contribution in [1.29, 1.82) is 0 Å². The summed E-state index contributed by atoms with van der Waals surface area (Å²) in [6.07, 6.45) is 1.31. The van der Waals surface area contributed by atoms with Gasteiger partial charge in [0.15, 0.2) is 5.82 Å². The molecule has 0 amide bonds. The third-order valence-electron chi connectivity index (χ3n) is 6.39. The molecule has 0 bridgehead atoms. The highest BCUT2D eigenvalue weighted by Crippen LogP contribution is 2.49. The van der Waals surface area contributed by atoms with Crippen LogP contribution in [0.4, 0.5) is 10.2 Å². The second kappa shape index (κ2) is 7.98. The molecule has 2 saturated heterocycles. The number of benzene rings is 1. The van der Waals surface area contributed by atoms with Crippen LogP contribution in [-0.4, -0.2) is 61.0 Å². The van der Waals surface area contributed by atoms with E-state index in [0.29, 0.717) is 49.9 Å². The van der Waals surface area contributed by atoms with Gasteiger partial charge in [0.1, 0.15) is 29.0 Å². The van der Waals surface area contributed by atoms with Crippen LogP contribution in [0.5, 0.6) is 5.75 Å². The van der Waals surface area contributed by atoms with Crippen LogP contribution >= 0.6 is 0 Å². The molecule has 2 aromatic rings. The monoisotopic (exact) mass is 431 g/mol. The highest BCUT2D eigenvalue weighted by atomic mass is 19.1. The van der Waals surface area contributed by atoms with Gasteiger partial charge in [-0.05, 0) is 31.0 Å². The fourth-order valence-corrected chi connectivity index (χ4v) is 4.79. The molecule has 3 atom stereocenters. The largest absolute Gasteiger partial charge is 0.507 e. The van der Waals surface area contributed by atoms with E-state index in [1.54, 1.807) is 14.0 Å². The summed E-state index contributed by atoms with van der Waals surface area (Å²) in [5, 5.41) is 22.8. The molecule has 166 valence electrons. The Balaban J connectivity index is 1.62. The first-order valence-corrected chi connectivity index (χ1v) is 10.5. The van der Waals surface area contributed by atoms with Crippen molar-refractivity contribution in [2.24, 2.45) is 0 Å². The first-order chi connectivity index (χ1) is 15.0. The highest BCUT2D eigenvalue weighted by molar-refractivity contribution is 5.74. The molecule has 0 aliphatic carbocycles. The minimum Gasteiger partial charge on any atom is -0.507 e. The van der Waals surface area contributed by atoms with Crippen molar-refractivity contribution in [3.8, 4) is 17.0 Å². The van der Waals surface area contributed by atoms with Crippen LogP contribution in [0, 0.1) is 12.7 Å². The number of ether oxygens (including phenoxy) is 4. The van der Waals surface area contributed by atoms with Gasteiger partial charge >= 0.3 is 0 Å². The number of phenols is 1. The summed E-state index contributed by atoms with van der Waals surface area (Å²) in [7, 11) is 1.66. The van der Waals surface area contributed by atoms with Crippen LogP contribution in [0.3, 0.4) is 0 Å². The molecule has 5 rings (SSSR count). The van der Waals surface area contributed by atoms with Gasteiger partial charge in [0.2, 0.25) is 0 Å². The predicted octanol–water partition coefficient (Wildman–Crippen LogP) is 2.66. The van der Waals surface area contributed by atoms with Crippen LogP contribution in [0.15, 0.2) is 12.1 Å². The Morgan fingerprint density at radius 1 is 1.26 bits per heavy atom. The van der Waals surface area contributed by atoms with E-state index in [1.807, 2.05) is 0 Å². The first-order valence-electron chi connectivity index (χ1n) is 10.5. The third-order valence-corrected chi connectivity index (χ3v) is 6.39. The van der Waals surface area contributed by atoms with E-state index in [2.05, 4.69) is 15.5 Å². The van der Waals surface area contributed by atoms with E-state index in [4.69, 9.17) is 18.9 Å². The van der Waals surface area contributed by atoms with E-state index < -0.39 is 11.4 Å². The number of anilines is 1. The van der Waals surface area contributed by atoms with Crippen molar-refractivity contribution in [3.05, 3.63) is 34.6 Å². The van der Waals surface area contributed by atoms with E-state index in [9.17, 15) is 9.50 Å². The average Bonchev–Trinajstić information content (AvgIpc) is 3.37. The van der Waals surface area contributed by atoms with Crippen molar-refractivity contribution in [2.75, 3.05) is 38.9 Å². The number of halogens is 1. The molecule has 8 nitrogen and oxygen atoms in total. The van der Waals surface area contributed by atoms with E-state index >= 15 is 0 Å². The van der Waals surface area contributed by atoms with Crippen LogP contribution in [0.25, 0.3) is 11.3 Å². The lowest BCUT2D eigenvalue weighted by Gasteiger charge is -2.33. The van der Waals surface area contributed by atoms with Gasteiger partial charge in [0.25, 0.3) is 0 Å². The molecule has 0 saturated carbocycles. The van der Waals surface area contributed by atoms with E-state index in [1.165, 1.54) is 12.1 Å². The van der Waals surface area contributed by atoms with Crippen molar-refractivity contribution in [3.63, 3.8) is 0 Å². The maximum atomic E-state index is 14.9. The summed E-state index contributed by atoms with van der Waals surface area (Å²) in [6.45, 7) is 4.05. The van der Waals surface area contributed by atoms with Gasteiger partial charge in [-0.15, -0.1) is 10.2 Å². The molecule has 0 radical (unpaired) electrons. The molecule has 3 aliphatic rings. The minimum absolute atomic E-state index is 0.00696. The molecule has 1 aromatic carbocycles. The Kier molecular flexibility index (Phi) is 5.29. The number of nitrogens with one attached hydrogen (secondary N) is 1. The summed E-state index contributed by atoms with van der Waals surface area (Å²) in [4.78, 5) is 0. The summed E-state index contributed by atoms with van der Waals surface area (Å²) in [5.74, 6) is -0.118. The van der Waals surface area contributed by atoms with Gasteiger partial charge in [-0.3, -0.25) is 0 Å². The normalized spacial score (nSPS) is 27.6.